The van der Waals surface area contributed by atoms with Gasteiger partial charge < -0.3 is 9.47 Å². The van der Waals surface area contributed by atoms with Crippen LogP contribution in [-0.4, -0.2) is 41.1 Å². The standard InChI is InChI=1S/C12H17NO5/c1-5-6-8-9(14)10(15)17-7-13(8)11(16)18-12(2,3)4/h5,8H,1,6-7H2,2-4H3/t8-/m0/s1. The second-order valence-corrected chi connectivity index (χ2v) is 4.92. The molecule has 6 heteroatoms. The van der Waals surface area contributed by atoms with Crippen LogP contribution in [-0.2, 0) is 19.1 Å². The van der Waals surface area contributed by atoms with E-state index in [2.05, 4.69) is 11.3 Å². The predicted octanol–water partition coefficient (Wildman–Crippen LogP) is 1.25. The van der Waals surface area contributed by atoms with Crippen LogP contribution in [0.5, 0.6) is 0 Å². The number of ketones is 1. The van der Waals surface area contributed by atoms with Gasteiger partial charge in [0.15, 0.2) is 6.73 Å². The molecule has 100 valence electrons. The molecule has 0 aromatic heterocycles. The van der Waals surface area contributed by atoms with Gasteiger partial charge in [0, 0.05) is 0 Å². The molecule has 1 heterocycles. The number of amides is 1. The Morgan fingerprint density at radius 2 is 2.17 bits per heavy atom. The summed E-state index contributed by atoms with van der Waals surface area (Å²) in [5, 5.41) is 0. The summed E-state index contributed by atoms with van der Waals surface area (Å²) in [5.41, 5.74) is -0.680. The van der Waals surface area contributed by atoms with Crippen molar-refractivity contribution in [2.75, 3.05) is 6.73 Å². The molecule has 0 bridgehead atoms. The van der Waals surface area contributed by atoms with Gasteiger partial charge >= 0.3 is 12.1 Å². The van der Waals surface area contributed by atoms with Gasteiger partial charge in [0.1, 0.15) is 11.6 Å². The fourth-order valence-electron chi connectivity index (χ4n) is 1.46. The minimum Gasteiger partial charge on any atom is -0.444 e. The molecule has 1 amide bonds. The zero-order chi connectivity index (χ0) is 13.9. The van der Waals surface area contributed by atoms with Gasteiger partial charge in [0.05, 0.1) is 0 Å². The van der Waals surface area contributed by atoms with Crippen molar-refractivity contribution in [1.82, 2.24) is 4.90 Å². The molecule has 0 unspecified atom stereocenters. The number of carbonyl (C=O) groups is 3. The lowest BCUT2D eigenvalue weighted by molar-refractivity contribution is -0.168. The Kier molecular flexibility index (Phi) is 4.11. The van der Waals surface area contributed by atoms with Crippen molar-refractivity contribution >= 4 is 17.8 Å². The Hall–Kier alpha value is -1.85. The summed E-state index contributed by atoms with van der Waals surface area (Å²) < 4.78 is 9.76. The fourth-order valence-corrected chi connectivity index (χ4v) is 1.46. The molecule has 1 aliphatic rings. The monoisotopic (exact) mass is 255 g/mol. The van der Waals surface area contributed by atoms with Crippen molar-refractivity contribution in [1.29, 1.82) is 0 Å². The number of rotatable bonds is 2. The minimum absolute atomic E-state index is 0.188. The number of hydrogen-bond donors (Lipinski definition) is 0. The first-order valence-corrected chi connectivity index (χ1v) is 5.57. The van der Waals surface area contributed by atoms with Crippen molar-refractivity contribution in [2.24, 2.45) is 0 Å². The molecule has 0 aromatic carbocycles. The van der Waals surface area contributed by atoms with E-state index in [-0.39, 0.29) is 13.2 Å². The molecule has 0 aromatic rings. The van der Waals surface area contributed by atoms with Crippen LogP contribution in [0.15, 0.2) is 12.7 Å². The van der Waals surface area contributed by atoms with Crippen LogP contribution in [0.1, 0.15) is 27.2 Å². The first-order valence-electron chi connectivity index (χ1n) is 5.57. The van der Waals surface area contributed by atoms with Crippen LogP contribution in [0.25, 0.3) is 0 Å². The van der Waals surface area contributed by atoms with Gasteiger partial charge in [-0.05, 0) is 27.2 Å². The van der Waals surface area contributed by atoms with Gasteiger partial charge in [0.25, 0.3) is 5.78 Å². The number of cyclic esters (lactones) is 1. The van der Waals surface area contributed by atoms with Crippen molar-refractivity contribution in [3.8, 4) is 0 Å². The first kappa shape index (κ1) is 14.2. The second kappa shape index (κ2) is 5.20. The maximum atomic E-state index is 11.9. The highest BCUT2D eigenvalue weighted by Gasteiger charge is 2.40. The van der Waals surface area contributed by atoms with Gasteiger partial charge in [-0.25, -0.2) is 9.59 Å². The molecule has 1 fully saturated rings. The highest BCUT2D eigenvalue weighted by molar-refractivity contribution is 6.36. The molecule has 0 saturated carbocycles. The lowest BCUT2D eigenvalue weighted by Gasteiger charge is -2.34. The fraction of sp³-hybridized carbons (Fsp3) is 0.583. The minimum atomic E-state index is -0.929. The summed E-state index contributed by atoms with van der Waals surface area (Å²) in [4.78, 5) is 35.7. The van der Waals surface area contributed by atoms with Gasteiger partial charge in [-0.2, -0.15) is 0 Å². The van der Waals surface area contributed by atoms with Crippen LogP contribution in [0.2, 0.25) is 0 Å². The van der Waals surface area contributed by atoms with E-state index in [4.69, 9.17) is 4.74 Å². The average Bonchev–Trinajstić information content (AvgIpc) is 2.22. The first-order chi connectivity index (χ1) is 8.26. The van der Waals surface area contributed by atoms with Crippen LogP contribution in [0, 0.1) is 0 Å². The molecule has 0 N–H and O–H groups in total. The summed E-state index contributed by atoms with van der Waals surface area (Å²) in [5.74, 6) is -1.69. The van der Waals surface area contributed by atoms with Gasteiger partial charge in [0.2, 0.25) is 0 Å². The molecule has 1 rings (SSSR count). The van der Waals surface area contributed by atoms with Crippen molar-refractivity contribution in [3.05, 3.63) is 12.7 Å². The zero-order valence-electron chi connectivity index (χ0n) is 10.8. The van der Waals surface area contributed by atoms with Crippen LogP contribution >= 0.6 is 0 Å². The molecule has 1 aliphatic heterocycles. The lowest BCUT2D eigenvalue weighted by atomic mass is 10.1. The smallest absolute Gasteiger partial charge is 0.413 e. The number of carbonyl (C=O) groups excluding carboxylic acids is 3. The SMILES string of the molecule is C=CC[C@H]1C(=O)C(=O)OCN1C(=O)OC(C)(C)C. The molecular formula is C12H17NO5. The number of nitrogens with zero attached hydrogens (tertiary/aromatic N) is 1. The van der Waals surface area contributed by atoms with Crippen LogP contribution < -0.4 is 0 Å². The normalized spacial score (nSPS) is 20.4. The number of ether oxygens (including phenoxy) is 2. The Morgan fingerprint density at radius 3 is 2.67 bits per heavy atom. The molecule has 0 radical (unpaired) electrons. The number of Topliss-reactive ketones (excluding diaryl/α,β-unsaturated/α-hetero) is 1. The third kappa shape index (κ3) is 3.32. The largest absolute Gasteiger partial charge is 0.444 e. The predicted molar refractivity (Wildman–Crippen MR) is 62.6 cm³/mol. The number of esters is 1. The Labute approximate surface area is 106 Å². The third-order valence-corrected chi connectivity index (χ3v) is 2.23. The van der Waals surface area contributed by atoms with Crippen molar-refractivity contribution in [3.63, 3.8) is 0 Å². The summed E-state index contributed by atoms with van der Waals surface area (Å²) >= 11 is 0. The van der Waals surface area contributed by atoms with Gasteiger partial charge in [-0.3, -0.25) is 9.69 Å². The Balaban J connectivity index is 2.85. The Bertz CT molecular complexity index is 382. The zero-order valence-corrected chi connectivity index (χ0v) is 10.8. The Morgan fingerprint density at radius 1 is 1.56 bits per heavy atom. The summed E-state index contributed by atoms with van der Waals surface area (Å²) in [6.07, 6.45) is 0.973. The van der Waals surface area contributed by atoms with E-state index in [1.807, 2.05) is 0 Å². The van der Waals surface area contributed by atoms with E-state index in [1.165, 1.54) is 6.08 Å². The maximum Gasteiger partial charge on any atom is 0.413 e. The number of hydrogen-bond acceptors (Lipinski definition) is 5. The van der Waals surface area contributed by atoms with E-state index in [9.17, 15) is 14.4 Å². The molecule has 6 nitrogen and oxygen atoms in total. The summed E-state index contributed by atoms with van der Waals surface area (Å²) in [6, 6.07) is -0.890. The molecular weight excluding hydrogens is 238 g/mol. The van der Waals surface area contributed by atoms with E-state index in [0.717, 1.165) is 4.90 Å². The summed E-state index contributed by atoms with van der Waals surface area (Å²) in [7, 11) is 0. The third-order valence-electron chi connectivity index (χ3n) is 2.23. The molecule has 1 atom stereocenters. The average molecular weight is 255 g/mol. The molecule has 18 heavy (non-hydrogen) atoms. The highest BCUT2D eigenvalue weighted by Crippen LogP contribution is 2.17. The topological polar surface area (TPSA) is 72.9 Å². The van der Waals surface area contributed by atoms with E-state index in [1.54, 1.807) is 20.8 Å². The molecule has 0 aliphatic carbocycles. The second-order valence-electron chi connectivity index (χ2n) is 4.92. The van der Waals surface area contributed by atoms with E-state index >= 15 is 0 Å². The molecule has 1 saturated heterocycles. The van der Waals surface area contributed by atoms with Crippen LogP contribution in [0.4, 0.5) is 4.79 Å². The van der Waals surface area contributed by atoms with Gasteiger partial charge in [-0.1, -0.05) is 6.08 Å². The van der Waals surface area contributed by atoms with E-state index < -0.39 is 29.5 Å². The van der Waals surface area contributed by atoms with Crippen molar-refractivity contribution < 1.29 is 23.9 Å². The van der Waals surface area contributed by atoms with Crippen molar-refractivity contribution in [2.45, 2.75) is 38.8 Å². The quantitative estimate of drug-likeness (QED) is 0.422. The van der Waals surface area contributed by atoms with Gasteiger partial charge in [-0.15, -0.1) is 6.58 Å². The maximum absolute atomic E-state index is 11.9. The van der Waals surface area contributed by atoms with E-state index in [0.29, 0.717) is 0 Å². The van der Waals surface area contributed by atoms with Crippen LogP contribution in [0.3, 0.4) is 0 Å². The lowest BCUT2D eigenvalue weighted by Crippen LogP contribution is -2.54. The molecule has 0 spiro atoms. The summed E-state index contributed by atoms with van der Waals surface area (Å²) in [6.45, 7) is 8.36. The highest BCUT2D eigenvalue weighted by atomic mass is 16.6.